The zero-order valence-electron chi connectivity index (χ0n) is 14.9. The van der Waals surface area contributed by atoms with Gasteiger partial charge in [-0.3, -0.25) is 4.72 Å². The highest BCUT2D eigenvalue weighted by molar-refractivity contribution is 7.92. The van der Waals surface area contributed by atoms with Crippen LogP contribution in [0.5, 0.6) is 5.75 Å². The van der Waals surface area contributed by atoms with Gasteiger partial charge in [0.15, 0.2) is 0 Å². The van der Waals surface area contributed by atoms with Crippen molar-refractivity contribution in [2.45, 2.75) is 25.7 Å². The molecule has 2 aromatic rings. The summed E-state index contributed by atoms with van der Waals surface area (Å²) in [6.45, 7) is 5.17. The van der Waals surface area contributed by atoms with Gasteiger partial charge in [0.2, 0.25) is 0 Å². The normalized spacial score (nSPS) is 11.2. The molecule has 1 aromatic carbocycles. The Morgan fingerprint density at radius 1 is 1.24 bits per heavy atom. The van der Waals surface area contributed by atoms with Crippen LogP contribution in [0.1, 0.15) is 28.7 Å². The van der Waals surface area contributed by atoms with E-state index in [4.69, 9.17) is 9.47 Å². The fourth-order valence-electron chi connectivity index (χ4n) is 2.58. The van der Waals surface area contributed by atoms with E-state index >= 15 is 0 Å². The van der Waals surface area contributed by atoms with E-state index in [1.165, 1.54) is 7.11 Å². The van der Waals surface area contributed by atoms with Crippen LogP contribution in [-0.2, 0) is 21.8 Å². The molecule has 0 bridgehead atoms. The summed E-state index contributed by atoms with van der Waals surface area (Å²) in [6.07, 6.45) is 0. The first kappa shape index (κ1) is 18.9. The largest absolute Gasteiger partial charge is 0.497 e. The molecule has 1 N–H and O–H groups in total. The van der Waals surface area contributed by atoms with E-state index in [-0.39, 0.29) is 17.1 Å². The minimum atomic E-state index is -3.99. The van der Waals surface area contributed by atoms with Crippen molar-refractivity contribution in [1.29, 1.82) is 0 Å². The summed E-state index contributed by atoms with van der Waals surface area (Å²) in [6, 6.07) is 6.55. The van der Waals surface area contributed by atoms with Crippen molar-refractivity contribution in [2.75, 3.05) is 18.4 Å². The first-order valence-corrected chi connectivity index (χ1v) is 9.21. The second-order valence-electron chi connectivity index (χ2n) is 5.49. The highest BCUT2D eigenvalue weighted by Crippen LogP contribution is 2.29. The number of nitrogens with zero attached hydrogens (tertiary/aromatic N) is 1. The SMILES string of the molecule is CCOC(=O)c1c(S(=O)(=O)Nc2cccc(OC)c2)c(C)n(C)c1C. The number of nitrogens with one attached hydrogen (secondary N) is 1. The number of carbonyl (C=O) groups is 1. The standard InChI is InChI=1S/C17H22N2O5S/c1-6-24-17(20)15-11(2)19(4)12(3)16(15)25(21,22)18-13-8-7-9-14(10-13)23-5/h7-10,18H,6H2,1-5H3. The molecule has 0 saturated heterocycles. The molecule has 25 heavy (non-hydrogen) atoms. The molecule has 0 amide bonds. The van der Waals surface area contributed by atoms with Crippen LogP contribution in [0, 0.1) is 13.8 Å². The summed E-state index contributed by atoms with van der Waals surface area (Å²) in [5.41, 5.74) is 1.38. The minimum absolute atomic E-state index is 0.0530. The van der Waals surface area contributed by atoms with Gasteiger partial charge < -0.3 is 14.0 Å². The van der Waals surface area contributed by atoms with Crippen molar-refractivity contribution in [3.8, 4) is 5.75 Å². The predicted octanol–water partition coefficient (Wildman–Crippen LogP) is 2.63. The van der Waals surface area contributed by atoms with E-state index in [0.29, 0.717) is 22.8 Å². The van der Waals surface area contributed by atoms with Gasteiger partial charge >= 0.3 is 5.97 Å². The maximum Gasteiger partial charge on any atom is 0.341 e. The zero-order valence-corrected chi connectivity index (χ0v) is 15.7. The average molecular weight is 366 g/mol. The molecular formula is C17H22N2O5S. The lowest BCUT2D eigenvalue weighted by atomic mass is 10.2. The van der Waals surface area contributed by atoms with Crippen molar-refractivity contribution in [2.24, 2.45) is 7.05 Å². The molecule has 0 aliphatic heterocycles. The number of ether oxygens (including phenoxy) is 2. The highest BCUT2D eigenvalue weighted by atomic mass is 32.2. The van der Waals surface area contributed by atoms with Crippen molar-refractivity contribution in [1.82, 2.24) is 4.57 Å². The molecule has 0 saturated carbocycles. The van der Waals surface area contributed by atoms with Crippen molar-refractivity contribution < 1.29 is 22.7 Å². The Morgan fingerprint density at radius 2 is 1.92 bits per heavy atom. The molecule has 0 aliphatic carbocycles. The second kappa shape index (κ2) is 7.18. The van der Waals surface area contributed by atoms with Gasteiger partial charge in [0.05, 0.1) is 19.4 Å². The number of aromatic nitrogens is 1. The summed E-state index contributed by atoms with van der Waals surface area (Å²) >= 11 is 0. The number of rotatable bonds is 6. The lowest BCUT2D eigenvalue weighted by Crippen LogP contribution is -2.18. The number of benzene rings is 1. The molecule has 7 nitrogen and oxygen atoms in total. The number of sulfonamides is 1. The van der Waals surface area contributed by atoms with Crippen LogP contribution in [0.3, 0.4) is 0 Å². The molecule has 0 atom stereocenters. The third-order valence-electron chi connectivity index (χ3n) is 3.99. The van der Waals surface area contributed by atoms with Crippen LogP contribution in [-0.4, -0.2) is 32.7 Å². The molecule has 0 spiro atoms. The lowest BCUT2D eigenvalue weighted by Gasteiger charge is -2.11. The molecule has 1 aromatic heterocycles. The van der Waals surface area contributed by atoms with Gasteiger partial charge in [0, 0.05) is 24.5 Å². The Morgan fingerprint density at radius 3 is 2.52 bits per heavy atom. The number of carbonyl (C=O) groups excluding carboxylic acids is 1. The molecule has 0 radical (unpaired) electrons. The van der Waals surface area contributed by atoms with Gasteiger partial charge in [-0.2, -0.15) is 0 Å². The Kier molecular flexibility index (Phi) is 5.42. The zero-order chi connectivity index (χ0) is 18.8. The first-order chi connectivity index (χ1) is 11.7. The first-order valence-electron chi connectivity index (χ1n) is 7.72. The van der Waals surface area contributed by atoms with Crippen LogP contribution in [0.4, 0.5) is 5.69 Å². The number of hydrogen-bond acceptors (Lipinski definition) is 5. The summed E-state index contributed by atoms with van der Waals surface area (Å²) < 4.78 is 40.2. The van der Waals surface area contributed by atoms with Gasteiger partial charge in [-0.1, -0.05) is 6.07 Å². The van der Waals surface area contributed by atoms with Gasteiger partial charge in [-0.15, -0.1) is 0 Å². The summed E-state index contributed by atoms with van der Waals surface area (Å²) in [7, 11) is -0.788. The monoisotopic (exact) mass is 366 g/mol. The topological polar surface area (TPSA) is 86.6 Å². The molecule has 0 unspecified atom stereocenters. The second-order valence-corrected chi connectivity index (χ2v) is 7.11. The van der Waals surface area contributed by atoms with Gasteiger partial charge in [0.25, 0.3) is 10.0 Å². The van der Waals surface area contributed by atoms with Crippen LogP contribution >= 0.6 is 0 Å². The van der Waals surface area contributed by atoms with Crippen molar-refractivity contribution in [3.05, 3.63) is 41.2 Å². The molecule has 8 heteroatoms. The number of hydrogen-bond donors (Lipinski definition) is 1. The smallest absolute Gasteiger partial charge is 0.341 e. The molecule has 0 fully saturated rings. The lowest BCUT2D eigenvalue weighted by molar-refractivity contribution is 0.0521. The molecule has 0 aliphatic rings. The van der Waals surface area contributed by atoms with Crippen molar-refractivity contribution in [3.63, 3.8) is 0 Å². The Balaban J connectivity index is 2.55. The third kappa shape index (κ3) is 3.63. The van der Waals surface area contributed by atoms with E-state index in [0.717, 1.165) is 0 Å². The maximum absolute atomic E-state index is 12.9. The average Bonchev–Trinajstić information content (AvgIpc) is 2.79. The fraction of sp³-hybridized carbons (Fsp3) is 0.353. The van der Waals surface area contributed by atoms with E-state index in [9.17, 15) is 13.2 Å². The van der Waals surface area contributed by atoms with Crippen LogP contribution in [0.15, 0.2) is 29.2 Å². The summed E-state index contributed by atoms with van der Waals surface area (Å²) in [4.78, 5) is 12.2. The van der Waals surface area contributed by atoms with Crippen LogP contribution in [0.2, 0.25) is 0 Å². The van der Waals surface area contributed by atoms with Crippen LogP contribution in [0.25, 0.3) is 0 Å². The van der Waals surface area contributed by atoms with E-state index in [2.05, 4.69) is 4.72 Å². The molecular weight excluding hydrogens is 344 g/mol. The van der Waals surface area contributed by atoms with E-state index < -0.39 is 16.0 Å². The third-order valence-corrected chi connectivity index (χ3v) is 5.54. The number of anilines is 1. The predicted molar refractivity (Wildman–Crippen MR) is 94.6 cm³/mol. The molecule has 1 heterocycles. The quantitative estimate of drug-likeness (QED) is 0.794. The molecule has 136 valence electrons. The number of esters is 1. The highest BCUT2D eigenvalue weighted by Gasteiger charge is 2.31. The van der Waals surface area contributed by atoms with E-state index in [1.807, 2.05) is 0 Å². The van der Waals surface area contributed by atoms with Crippen molar-refractivity contribution >= 4 is 21.7 Å². The summed E-state index contributed by atoms with van der Waals surface area (Å²) in [5.74, 6) is -0.138. The molecule has 2 rings (SSSR count). The maximum atomic E-state index is 12.9. The van der Waals surface area contributed by atoms with Gasteiger partial charge in [-0.25, -0.2) is 13.2 Å². The Labute approximate surface area is 147 Å². The Hall–Kier alpha value is -2.48. The fourth-order valence-corrected chi connectivity index (χ4v) is 4.15. The van der Waals surface area contributed by atoms with Gasteiger partial charge in [-0.05, 0) is 32.9 Å². The van der Waals surface area contributed by atoms with E-state index in [1.54, 1.807) is 56.7 Å². The Bertz CT molecular complexity index is 900. The minimum Gasteiger partial charge on any atom is -0.497 e. The number of methoxy groups -OCH3 is 1. The van der Waals surface area contributed by atoms with Gasteiger partial charge in [0.1, 0.15) is 16.2 Å². The van der Waals surface area contributed by atoms with Crippen LogP contribution < -0.4 is 9.46 Å². The summed E-state index contributed by atoms with van der Waals surface area (Å²) in [5, 5.41) is 0.